The maximum Gasteiger partial charge on any atom is 0.0409 e. The Kier molecular flexibility index (Phi) is 5.26. The molecule has 2 atom stereocenters. The first-order chi connectivity index (χ1) is 9.06. The molecule has 2 nitrogen and oxygen atoms in total. The molecule has 1 aromatic rings. The van der Waals surface area contributed by atoms with E-state index >= 15 is 0 Å². The molecule has 106 valence electrons. The molecule has 1 aliphatic rings. The van der Waals surface area contributed by atoms with Gasteiger partial charge in [-0.3, -0.25) is 4.90 Å². The smallest absolute Gasteiger partial charge is 0.0409 e. The van der Waals surface area contributed by atoms with Crippen LogP contribution in [0.4, 0.5) is 0 Å². The second kappa shape index (κ2) is 6.74. The van der Waals surface area contributed by atoms with Crippen molar-refractivity contribution in [2.45, 2.75) is 45.8 Å². The maximum absolute atomic E-state index is 6.08. The molecular formula is C16H25ClN2. The molecule has 0 amide bonds. The van der Waals surface area contributed by atoms with Gasteiger partial charge in [-0.25, -0.2) is 0 Å². The third kappa shape index (κ3) is 4.20. The molecule has 0 spiro atoms. The van der Waals surface area contributed by atoms with E-state index in [-0.39, 0.29) is 0 Å². The Morgan fingerprint density at radius 1 is 1.42 bits per heavy atom. The van der Waals surface area contributed by atoms with Crippen molar-refractivity contribution in [1.29, 1.82) is 0 Å². The van der Waals surface area contributed by atoms with E-state index in [9.17, 15) is 0 Å². The Bertz CT molecular complexity index is 405. The van der Waals surface area contributed by atoms with Crippen LogP contribution in [0.25, 0.3) is 0 Å². The summed E-state index contributed by atoms with van der Waals surface area (Å²) in [5.74, 6) is 0.673. The summed E-state index contributed by atoms with van der Waals surface area (Å²) in [6.45, 7) is 10.2. The average Bonchev–Trinajstić information content (AvgIpc) is 2.52. The first-order valence-corrected chi connectivity index (χ1v) is 7.66. The molecule has 2 unspecified atom stereocenters. The molecule has 0 aliphatic carbocycles. The highest BCUT2D eigenvalue weighted by molar-refractivity contribution is 6.30. The van der Waals surface area contributed by atoms with Gasteiger partial charge in [-0.15, -0.1) is 0 Å². The van der Waals surface area contributed by atoms with E-state index in [0.29, 0.717) is 18.0 Å². The van der Waals surface area contributed by atoms with Crippen molar-refractivity contribution >= 4 is 11.6 Å². The van der Waals surface area contributed by atoms with Crippen molar-refractivity contribution in [3.63, 3.8) is 0 Å². The second-order valence-electron chi connectivity index (χ2n) is 6.00. The van der Waals surface area contributed by atoms with E-state index in [4.69, 9.17) is 11.6 Å². The van der Waals surface area contributed by atoms with E-state index in [0.717, 1.165) is 24.7 Å². The minimum absolute atomic E-state index is 0.587. The molecular weight excluding hydrogens is 256 g/mol. The molecule has 1 fully saturated rings. The van der Waals surface area contributed by atoms with Crippen molar-refractivity contribution in [2.75, 3.05) is 13.1 Å². The maximum atomic E-state index is 6.08. The van der Waals surface area contributed by atoms with Crippen LogP contribution in [0, 0.1) is 5.92 Å². The number of nitrogens with one attached hydrogen (secondary N) is 1. The molecule has 1 saturated heterocycles. The van der Waals surface area contributed by atoms with Crippen LogP contribution in [0.15, 0.2) is 24.3 Å². The van der Waals surface area contributed by atoms with E-state index in [2.05, 4.69) is 43.1 Å². The molecule has 1 N–H and O–H groups in total. The van der Waals surface area contributed by atoms with Gasteiger partial charge < -0.3 is 5.32 Å². The fourth-order valence-electron chi connectivity index (χ4n) is 2.69. The van der Waals surface area contributed by atoms with Crippen LogP contribution < -0.4 is 5.32 Å². The van der Waals surface area contributed by atoms with Gasteiger partial charge in [0.1, 0.15) is 0 Å². The van der Waals surface area contributed by atoms with Crippen LogP contribution in [0.5, 0.6) is 0 Å². The summed E-state index contributed by atoms with van der Waals surface area (Å²) >= 11 is 6.08. The molecule has 1 aliphatic heterocycles. The van der Waals surface area contributed by atoms with Gasteiger partial charge in [-0.1, -0.05) is 37.6 Å². The molecule has 19 heavy (non-hydrogen) atoms. The Hall–Kier alpha value is -0.570. The summed E-state index contributed by atoms with van der Waals surface area (Å²) in [6, 6.07) is 9.44. The minimum Gasteiger partial charge on any atom is -0.312 e. The highest BCUT2D eigenvalue weighted by Crippen LogP contribution is 2.18. The Morgan fingerprint density at radius 3 is 2.89 bits per heavy atom. The van der Waals surface area contributed by atoms with Crippen LogP contribution in [0.3, 0.4) is 0 Å². The van der Waals surface area contributed by atoms with Gasteiger partial charge in [0.2, 0.25) is 0 Å². The zero-order valence-corrected chi connectivity index (χ0v) is 13.0. The fraction of sp³-hybridized carbons (Fsp3) is 0.625. The van der Waals surface area contributed by atoms with Gasteiger partial charge in [0, 0.05) is 30.2 Å². The van der Waals surface area contributed by atoms with Gasteiger partial charge in [0.05, 0.1) is 0 Å². The van der Waals surface area contributed by atoms with Crippen LogP contribution >= 0.6 is 11.6 Å². The number of hydrogen-bond acceptors (Lipinski definition) is 2. The first-order valence-electron chi connectivity index (χ1n) is 7.28. The number of halogens is 1. The highest BCUT2D eigenvalue weighted by Gasteiger charge is 2.24. The number of rotatable bonds is 3. The first kappa shape index (κ1) is 14.8. The molecule has 2 rings (SSSR count). The van der Waals surface area contributed by atoms with E-state index in [1.807, 2.05) is 12.1 Å². The Balaban J connectivity index is 2.07. The normalized spacial score (nSPS) is 25.5. The predicted molar refractivity (Wildman–Crippen MR) is 82.6 cm³/mol. The third-order valence-electron chi connectivity index (χ3n) is 4.10. The average molecular weight is 281 g/mol. The lowest BCUT2D eigenvalue weighted by atomic mass is 10.0. The predicted octanol–water partition coefficient (Wildman–Crippen LogP) is 3.55. The van der Waals surface area contributed by atoms with Crippen LogP contribution in [0.1, 0.15) is 32.8 Å². The van der Waals surface area contributed by atoms with Crippen molar-refractivity contribution in [3.05, 3.63) is 34.9 Å². The molecule has 0 aromatic heterocycles. The van der Waals surface area contributed by atoms with Crippen molar-refractivity contribution < 1.29 is 0 Å². The summed E-state index contributed by atoms with van der Waals surface area (Å²) < 4.78 is 0. The Labute approximate surface area is 122 Å². The largest absolute Gasteiger partial charge is 0.312 e. The lowest BCUT2D eigenvalue weighted by Crippen LogP contribution is -2.42. The summed E-state index contributed by atoms with van der Waals surface area (Å²) in [6.07, 6.45) is 1.21. The standard InChI is InChI=1S/C16H25ClN2/c1-12(2)16-11-19(13(3)7-8-18-16)10-14-5-4-6-15(17)9-14/h4-6,9,12-13,16,18H,7-8,10-11H2,1-3H3. The highest BCUT2D eigenvalue weighted by atomic mass is 35.5. The fourth-order valence-corrected chi connectivity index (χ4v) is 2.91. The number of hydrogen-bond donors (Lipinski definition) is 1. The molecule has 1 aromatic carbocycles. The summed E-state index contributed by atoms with van der Waals surface area (Å²) in [5.41, 5.74) is 1.31. The number of benzene rings is 1. The monoisotopic (exact) mass is 280 g/mol. The van der Waals surface area contributed by atoms with Crippen molar-refractivity contribution in [3.8, 4) is 0 Å². The van der Waals surface area contributed by atoms with Crippen LogP contribution in [-0.4, -0.2) is 30.1 Å². The van der Waals surface area contributed by atoms with Gasteiger partial charge in [0.15, 0.2) is 0 Å². The third-order valence-corrected chi connectivity index (χ3v) is 4.34. The van der Waals surface area contributed by atoms with Gasteiger partial charge in [0.25, 0.3) is 0 Å². The van der Waals surface area contributed by atoms with Gasteiger partial charge >= 0.3 is 0 Å². The minimum atomic E-state index is 0.587. The van der Waals surface area contributed by atoms with Crippen LogP contribution in [0.2, 0.25) is 5.02 Å². The van der Waals surface area contributed by atoms with Crippen LogP contribution in [-0.2, 0) is 6.54 Å². The zero-order valence-electron chi connectivity index (χ0n) is 12.2. The summed E-state index contributed by atoms with van der Waals surface area (Å²) in [7, 11) is 0. The SMILES string of the molecule is CC(C)C1CN(Cc2cccc(Cl)c2)C(C)CCN1. The topological polar surface area (TPSA) is 15.3 Å². The molecule has 0 radical (unpaired) electrons. The quantitative estimate of drug-likeness (QED) is 0.911. The van der Waals surface area contributed by atoms with E-state index < -0.39 is 0 Å². The van der Waals surface area contributed by atoms with Crippen molar-refractivity contribution in [1.82, 2.24) is 10.2 Å². The summed E-state index contributed by atoms with van der Waals surface area (Å²) in [5, 5.41) is 4.50. The summed E-state index contributed by atoms with van der Waals surface area (Å²) in [4.78, 5) is 2.58. The van der Waals surface area contributed by atoms with Gasteiger partial charge in [-0.05, 0) is 43.5 Å². The second-order valence-corrected chi connectivity index (χ2v) is 6.44. The van der Waals surface area contributed by atoms with Crippen molar-refractivity contribution in [2.24, 2.45) is 5.92 Å². The van der Waals surface area contributed by atoms with E-state index in [1.165, 1.54) is 12.0 Å². The van der Waals surface area contributed by atoms with Gasteiger partial charge in [-0.2, -0.15) is 0 Å². The molecule has 3 heteroatoms. The van der Waals surface area contributed by atoms with E-state index in [1.54, 1.807) is 0 Å². The molecule has 1 heterocycles. The lowest BCUT2D eigenvalue weighted by molar-refractivity contribution is 0.184. The lowest BCUT2D eigenvalue weighted by Gasteiger charge is -2.30. The molecule has 0 saturated carbocycles. The number of nitrogens with zero attached hydrogens (tertiary/aromatic N) is 1. The zero-order chi connectivity index (χ0) is 13.8. The Morgan fingerprint density at radius 2 is 2.21 bits per heavy atom. The molecule has 0 bridgehead atoms.